The molecule has 15 heterocycles. The van der Waals surface area contributed by atoms with Crippen LogP contribution >= 0.6 is 0 Å². The van der Waals surface area contributed by atoms with Crippen LogP contribution < -0.4 is 5.73 Å². The number of aliphatic hydroxyl groups is 15. The minimum absolute atomic E-state index is 0.128. The van der Waals surface area contributed by atoms with Gasteiger partial charge in [0.2, 0.25) is 5.95 Å². The molecule has 17 N–H and O–H groups in total. The molecule has 0 amide bonds. The van der Waals surface area contributed by atoms with Gasteiger partial charge >= 0.3 is 12.4 Å². The molecular formula is C76H94F6N12O20. The monoisotopic (exact) mass is 1610 g/mol. The van der Waals surface area contributed by atoms with E-state index < -0.39 is 166 Å². The fourth-order valence-electron chi connectivity index (χ4n) is 15.7. The number of rotatable bonds is 13. The highest BCUT2D eigenvalue weighted by Gasteiger charge is 2.58. The summed E-state index contributed by atoms with van der Waals surface area (Å²) in [6.07, 6.45) is -21.8. The molecule has 7 fully saturated rings. The molecule has 10 aromatic rings. The molecule has 114 heavy (non-hydrogen) atoms. The molecule has 17 rings (SSSR count). The van der Waals surface area contributed by atoms with Crippen LogP contribution in [-0.2, 0) is 23.7 Å². The maximum Gasteiger partial charge on any atom is 0.417 e. The summed E-state index contributed by atoms with van der Waals surface area (Å²) in [6.45, 7) is 11.3. The number of fused-ring (bicyclic) bond motifs is 5. The van der Waals surface area contributed by atoms with Gasteiger partial charge in [-0.25, -0.2) is 24.9 Å². The Hall–Kier alpha value is -8.04. The normalized spacial score (nSPS) is 31.3. The van der Waals surface area contributed by atoms with E-state index in [1.807, 2.05) is 71.3 Å². The predicted octanol–water partition coefficient (Wildman–Crippen LogP) is 3.74. The van der Waals surface area contributed by atoms with Gasteiger partial charge < -0.3 is 129 Å². The topological polar surface area (TPSA) is 478 Å². The fraction of sp³-hybridized carbons (Fsp3) is 0.553. The van der Waals surface area contributed by atoms with Crippen molar-refractivity contribution in [1.82, 2.24) is 52.7 Å². The zero-order valence-corrected chi connectivity index (χ0v) is 62.4. The number of nitrogens with zero attached hydrogens (tertiary/aromatic N) is 11. The second-order valence-electron chi connectivity index (χ2n) is 30.2. The lowest BCUT2D eigenvalue weighted by Gasteiger charge is -2.34. The molecule has 0 aromatic carbocycles. The fourth-order valence-corrected chi connectivity index (χ4v) is 15.7. The lowest BCUT2D eigenvalue weighted by atomic mass is 9.78. The van der Waals surface area contributed by atoms with Crippen molar-refractivity contribution in [3.05, 3.63) is 138 Å². The molecule has 7 aliphatic rings. The third kappa shape index (κ3) is 15.9. The number of aliphatic hydroxyl groups excluding tert-OH is 15. The Labute approximate surface area is 646 Å². The maximum absolute atomic E-state index is 12.6. The number of ether oxygens (including phenoxy) is 5. The van der Waals surface area contributed by atoms with Crippen LogP contribution in [0.1, 0.15) is 111 Å². The highest BCUT2D eigenvalue weighted by molar-refractivity contribution is 5.83. The molecule has 0 bridgehead atoms. The maximum atomic E-state index is 12.6. The second-order valence-corrected chi connectivity index (χ2v) is 30.2. The Bertz CT molecular complexity index is 4720. The third-order valence-corrected chi connectivity index (χ3v) is 22.9. The van der Waals surface area contributed by atoms with Gasteiger partial charge in [-0.1, -0.05) is 19.8 Å². The van der Waals surface area contributed by atoms with Gasteiger partial charge in [0.1, 0.15) is 120 Å². The Morgan fingerprint density at radius 1 is 0.377 bits per heavy atom. The summed E-state index contributed by atoms with van der Waals surface area (Å²) in [7, 11) is 0. The van der Waals surface area contributed by atoms with Crippen LogP contribution in [0, 0.1) is 46.5 Å². The van der Waals surface area contributed by atoms with Gasteiger partial charge in [-0.05, 0) is 155 Å². The summed E-state index contributed by atoms with van der Waals surface area (Å²) in [6, 6.07) is 16.4. The first-order chi connectivity index (χ1) is 54.0. The third-order valence-electron chi connectivity index (χ3n) is 22.9. The van der Waals surface area contributed by atoms with Crippen molar-refractivity contribution >= 4 is 61.1 Å². The van der Waals surface area contributed by atoms with Crippen LogP contribution in [0.4, 0.5) is 32.3 Å². The molecule has 32 nitrogen and oxygen atoms in total. The van der Waals surface area contributed by atoms with Crippen molar-refractivity contribution in [2.24, 2.45) is 11.8 Å². The summed E-state index contributed by atoms with van der Waals surface area (Å²) < 4.78 is 111. The van der Waals surface area contributed by atoms with Gasteiger partial charge in [-0.2, -0.15) is 31.3 Å². The number of nitrogen functional groups attached to an aromatic ring is 1. The SMILES string of the molecule is CC[C@@H](O)[C@H]1O[C@@H](n2ccc3c(C)nc(N)nc32)[C@H](O)[C@@H]1O.Cc1ccnc2c1ccn2[C@@H]1O[C@H]([C@@H](O)C(F)(F)F)[C@@H](O)[C@H]1O.Cc1ccnc2c1ccn2[C@@H]1O[C@H]([C@@H](O)C2CCC2)[C@@H](O)[C@H]1O.Cc1ccnc2c1ccn2[C@@H]1O[C@H]([C@H](O)C(F)(F)F)[C@@H](O)[C@H]1O.Cc1ccnc2c1ccn2[C@@H]1O[C@H]([C@H](O)C2CCC2)[C@@H](O)[C@H]1O. The number of aromatic nitrogens is 11. The van der Waals surface area contributed by atoms with Gasteiger partial charge in [0.05, 0.1) is 24.0 Å². The molecule has 5 aliphatic heterocycles. The molecule has 2 saturated carbocycles. The van der Waals surface area contributed by atoms with Crippen molar-refractivity contribution in [3.63, 3.8) is 0 Å². The quantitative estimate of drug-likeness (QED) is 0.0731. The minimum atomic E-state index is -4.96. The number of aryl methyl sites for hydroxylation is 5. The number of hydrogen-bond acceptors (Lipinski definition) is 27. The molecule has 620 valence electrons. The number of alkyl halides is 6. The molecule has 38 heteroatoms. The van der Waals surface area contributed by atoms with Crippen molar-refractivity contribution in [1.29, 1.82) is 0 Å². The van der Waals surface area contributed by atoms with E-state index in [1.54, 1.807) is 69.5 Å². The standard InChI is InChI=1S/2C17H22N2O4.2C14H15F3N2O4.C14H20N4O4/c2*1-9-5-7-18-16-11(9)6-8-19(16)17-14(22)13(21)15(23-17)12(20)10-3-2-4-10;2*1-6-2-4-18-12-7(6)3-5-19(12)13-9(21)8(20)10(23-13)11(22)14(15,16)17;1-3-8(19)11-9(20)10(21)13(22-11)18-5-4-7-6(2)16-14(15)17-12(7)18/h2*5-8,10,12-15,17,20-22H,2-4H2,1H3;2*2-5,8-11,13,20-22H,1H3;4-5,8-11,13,19-21H,3H2,1-2H3,(H2,15,16,17)/t12-,13+,14-,15-,17-;12-,13-,14+,15+,17+;8-,9+,10-,11+,13+;8-,9+,10-,11-,13+;8-,9+,10-,11-,13-/m10001/s1. The predicted molar refractivity (Wildman–Crippen MR) is 391 cm³/mol. The zero-order valence-electron chi connectivity index (χ0n) is 62.4. The highest BCUT2D eigenvalue weighted by Crippen LogP contribution is 2.45. The summed E-state index contributed by atoms with van der Waals surface area (Å²) in [5.74, 6) is 0.438. The zero-order chi connectivity index (χ0) is 82.2. The highest BCUT2D eigenvalue weighted by atomic mass is 19.4. The van der Waals surface area contributed by atoms with E-state index in [9.17, 15) is 103 Å². The van der Waals surface area contributed by atoms with Gasteiger partial charge in [0.25, 0.3) is 0 Å². The Kier molecular flexibility index (Phi) is 24.7. The molecule has 10 aromatic heterocycles. The van der Waals surface area contributed by atoms with Gasteiger partial charge in [-0.3, -0.25) is 0 Å². The average Bonchev–Trinajstić information content (AvgIpc) is 1.64. The first-order valence-electron chi connectivity index (χ1n) is 37.4. The van der Waals surface area contributed by atoms with Crippen LogP contribution in [0.15, 0.2) is 110 Å². The Morgan fingerprint density at radius 2 is 0.640 bits per heavy atom. The summed E-state index contributed by atoms with van der Waals surface area (Å²) in [5.41, 5.74) is 13.1. The van der Waals surface area contributed by atoms with Crippen LogP contribution in [0.3, 0.4) is 0 Å². The summed E-state index contributed by atoms with van der Waals surface area (Å²) in [5, 5.41) is 155. The van der Waals surface area contributed by atoms with Gasteiger partial charge in [0, 0.05) is 82.7 Å². The van der Waals surface area contributed by atoms with Crippen molar-refractivity contribution in [2.75, 3.05) is 5.73 Å². The van der Waals surface area contributed by atoms with Gasteiger partial charge in [0.15, 0.2) is 43.3 Å². The van der Waals surface area contributed by atoms with Crippen molar-refractivity contribution in [2.45, 2.75) is 252 Å². The van der Waals surface area contributed by atoms with Crippen LogP contribution in [0.2, 0.25) is 0 Å². The average molecular weight is 1610 g/mol. The van der Waals surface area contributed by atoms with Crippen LogP contribution in [0.5, 0.6) is 0 Å². The van der Waals surface area contributed by atoms with E-state index in [2.05, 4.69) is 29.9 Å². The van der Waals surface area contributed by atoms with Gasteiger partial charge in [-0.15, -0.1) is 0 Å². The number of nitrogens with two attached hydrogens (primary N) is 1. The van der Waals surface area contributed by atoms with E-state index in [0.717, 1.165) is 93.4 Å². The molecule has 0 spiro atoms. The molecular weight excluding hydrogens is 1510 g/mol. The Balaban J connectivity index is 0.000000124. The van der Waals surface area contributed by atoms with E-state index in [-0.39, 0.29) is 17.8 Å². The molecule has 2 aliphatic carbocycles. The van der Waals surface area contributed by atoms with Crippen LogP contribution in [0.25, 0.3) is 55.2 Å². The number of hydrogen-bond donors (Lipinski definition) is 16. The summed E-state index contributed by atoms with van der Waals surface area (Å²) >= 11 is 0. The number of anilines is 1. The molecule has 5 saturated heterocycles. The largest absolute Gasteiger partial charge is 0.417 e. The second kappa shape index (κ2) is 33.5. The van der Waals surface area contributed by atoms with Crippen LogP contribution in [-0.4, -0.2) is 264 Å². The lowest BCUT2D eigenvalue weighted by molar-refractivity contribution is -0.244. The molecule has 25 atom stereocenters. The first kappa shape index (κ1) is 83.9. The first-order valence-corrected chi connectivity index (χ1v) is 37.4. The van der Waals surface area contributed by atoms with E-state index >= 15 is 0 Å². The van der Waals surface area contributed by atoms with Crippen molar-refractivity contribution in [3.8, 4) is 0 Å². The molecule has 0 radical (unpaired) electrons. The number of halogens is 6. The van der Waals surface area contributed by atoms with E-state index in [4.69, 9.17) is 29.4 Å². The van der Waals surface area contributed by atoms with Crippen molar-refractivity contribution < 1.29 is 127 Å². The molecule has 0 unspecified atom stereocenters. The number of pyridine rings is 4. The Morgan fingerprint density at radius 3 is 0.921 bits per heavy atom. The van der Waals surface area contributed by atoms with E-state index in [0.29, 0.717) is 34.7 Å². The lowest BCUT2D eigenvalue weighted by Crippen LogP contribution is -2.46. The summed E-state index contributed by atoms with van der Waals surface area (Å²) in [4.78, 5) is 25.3. The van der Waals surface area contributed by atoms with E-state index in [1.165, 1.54) is 33.9 Å². The minimum Gasteiger partial charge on any atom is -0.390 e. The smallest absolute Gasteiger partial charge is 0.390 e.